The number of hydrogen-bond acceptors (Lipinski definition) is 3. The Morgan fingerprint density at radius 1 is 1.37 bits per heavy atom. The smallest absolute Gasteiger partial charge is 0.336 e. The number of ether oxygens (including phenoxy) is 2. The molecule has 0 saturated carbocycles. The van der Waals surface area contributed by atoms with Gasteiger partial charge in [0, 0.05) is 5.92 Å². The minimum absolute atomic E-state index is 0.279. The number of rotatable bonds is 5. The maximum atomic E-state index is 13.2. The monoisotopic (exact) mass is 266 g/mol. The van der Waals surface area contributed by atoms with E-state index in [0.29, 0.717) is 13.0 Å². The van der Waals surface area contributed by atoms with Gasteiger partial charge in [0.05, 0.1) is 6.61 Å². The fraction of sp³-hybridized carbons (Fsp3) is 0.533. The van der Waals surface area contributed by atoms with E-state index in [9.17, 15) is 9.18 Å². The first-order valence-electron chi connectivity index (χ1n) is 6.57. The average molecular weight is 266 g/mol. The van der Waals surface area contributed by atoms with E-state index in [1.165, 1.54) is 0 Å². The van der Waals surface area contributed by atoms with Crippen LogP contribution in [0.1, 0.15) is 25.8 Å². The molecule has 0 radical (unpaired) electrons. The SMILES string of the molecule is CC[C@@]1(CF)OC(=O)[C@H](OCc2ccccc2)[C@@H]1C. The van der Waals surface area contributed by atoms with Gasteiger partial charge in [0.1, 0.15) is 12.3 Å². The molecule has 1 aromatic carbocycles. The molecule has 3 nitrogen and oxygen atoms in total. The third kappa shape index (κ3) is 2.63. The van der Waals surface area contributed by atoms with Crippen LogP contribution < -0.4 is 0 Å². The number of alkyl halides is 1. The molecular formula is C15H19FO3. The lowest BCUT2D eigenvalue weighted by Crippen LogP contribution is -2.38. The summed E-state index contributed by atoms with van der Waals surface area (Å²) in [5.74, 6) is -0.735. The number of carbonyl (C=O) groups excluding carboxylic acids is 1. The number of esters is 1. The Morgan fingerprint density at radius 2 is 2.05 bits per heavy atom. The lowest BCUT2D eigenvalue weighted by Gasteiger charge is -2.27. The van der Waals surface area contributed by atoms with Gasteiger partial charge in [-0.05, 0) is 12.0 Å². The Bertz CT molecular complexity index is 428. The number of carbonyl (C=O) groups is 1. The molecule has 1 aromatic rings. The van der Waals surface area contributed by atoms with Crippen LogP contribution in [-0.2, 0) is 20.9 Å². The van der Waals surface area contributed by atoms with Crippen LogP contribution in [0.15, 0.2) is 30.3 Å². The van der Waals surface area contributed by atoms with Gasteiger partial charge < -0.3 is 9.47 Å². The van der Waals surface area contributed by atoms with Crippen molar-refractivity contribution < 1.29 is 18.7 Å². The van der Waals surface area contributed by atoms with E-state index in [2.05, 4.69) is 0 Å². The predicted molar refractivity (Wildman–Crippen MR) is 69.3 cm³/mol. The second-order valence-electron chi connectivity index (χ2n) is 4.98. The molecule has 0 bridgehead atoms. The molecule has 19 heavy (non-hydrogen) atoms. The van der Waals surface area contributed by atoms with Crippen LogP contribution in [0.3, 0.4) is 0 Å². The van der Waals surface area contributed by atoms with Crippen molar-refractivity contribution in [3.63, 3.8) is 0 Å². The zero-order chi connectivity index (χ0) is 13.9. The van der Waals surface area contributed by atoms with Gasteiger partial charge in [0.25, 0.3) is 0 Å². The zero-order valence-corrected chi connectivity index (χ0v) is 11.3. The standard InChI is InChI=1S/C15H19FO3/c1-3-15(10-16)11(2)13(14(17)19-15)18-9-12-7-5-4-6-8-12/h4-8,11,13H,3,9-10H2,1-2H3/t11-,13+,15-/m0/s1. The second kappa shape index (κ2) is 5.70. The molecule has 1 fully saturated rings. The van der Waals surface area contributed by atoms with Gasteiger partial charge >= 0.3 is 5.97 Å². The normalized spacial score (nSPS) is 30.4. The molecule has 0 aromatic heterocycles. The molecule has 0 N–H and O–H groups in total. The first kappa shape index (κ1) is 14.0. The summed E-state index contributed by atoms with van der Waals surface area (Å²) in [6.07, 6.45) is -0.224. The molecule has 104 valence electrons. The van der Waals surface area contributed by atoms with Gasteiger partial charge in [-0.15, -0.1) is 0 Å². The van der Waals surface area contributed by atoms with Crippen molar-refractivity contribution in [3.05, 3.63) is 35.9 Å². The van der Waals surface area contributed by atoms with Gasteiger partial charge in [-0.2, -0.15) is 0 Å². The van der Waals surface area contributed by atoms with Gasteiger partial charge in [0.15, 0.2) is 6.10 Å². The molecule has 0 aliphatic carbocycles. The highest BCUT2D eigenvalue weighted by atomic mass is 19.1. The van der Waals surface area contributed by atoms with Crippen LogP contribution in [0.2, 0.25) is 0 Å². The Labute approximate surface area is 112 Å². The van der Waals surface area contributed by atoms with Gasteiger partial charge in [0.2, 0.25) is 0 Å². The average Bonchev–Trinajstić information content (AvgIpc) is 2.69. The minimum atomic E-state index is -1.02. The Kier molecular flexibility index (Phi) is 4.20. The van der Waals surface area contributed by atoms with Crippen molar-refractivity contribution in [1.82, 2.24) is 0 Å². The molecule has 2 rings (SSSR count). The van der Waals surface area contributed by atoms with Crippen molar-refractivity contribution >= 4 is 5.97 Å². The van der Waals surface area contributed by atoms with Crippen LogP contribution in [-0.4, -0.2) is 24.3 Å². The van der Waals surface area contributed by atoms with Crippen molar-refractivity contribution in [2.75, 3.05) is 6.67 Å². The van der Waals surface area contributed by atoms with Crippen molar-refractivity contribution in [3.8, 4) is 0 Å². The summed E-state index contributed by atoms with van der Waals surface area (Å²) >= 11 is 0. The molecular weight excluding hydrogens is 247 g/mol. The fourth-order valence-electron chi connectivity index (χ4n) is 2.44. The maximum absolute atomic E-state index is 13.2. The third-order valence-corrected chi connectivity index (χ3v) is 3.92. The summed E-state index contributed by atoms with van der Waals surface area (Å²) in [7, 11) is 0. The number of benzene rings is 1. The largest absolute Gasteiger partial charge is 0.454 e. The summed E-state index contributed by atoms with van der Waals surface area (Å²) in [5, 5.41) is 0. The fourth-order valence-corrected chi connectivity index (χ4v) is 2.44. The predicted octanol–water partition coefficient (Wildman–Crippen LogP) is 2.88. The van der Waals surface area contributed by atoms with Crippen LogP contribution in [0.4, 0.5) is 4.39 Å². The molecule has 1 aliphatic heterocycles. The maximum Gasteiger partial charge on any atom is 0.336 e. The topological polar surface area (TPSA) is 35.5 Å². The molecule has 1 heterocycles. The summed E-state index contributed by atoms with van der Waals surface area (Å²) in [6, 6.07) is 9.58. The van der Waals surface area contributed by atoms with E-state index < -0.39 is 24.3 Å². The van der Waals surface area contributed by atoms with Crippen molar-refractivity contribution in [2.24, 2.45) is 5.92 Å². The van der Waals surface area contributed by atoms with E-state index in [1.54, 1.807) is 0 Å². The summed E-state index contributed by atoms with van der Waals surface area (Å²) < 4.78 is 24.0. The summed E-state index contributed by atoms with van der Waals surface area (Å²) in [5.41, 5.74) is -0.0323. The van der Waals surface area contributed by atoms with Crippen LogP contribution >= 0.6 is 0 Å². The molecule has 4 heteroatoms. The molecule has 0 spiro atoms. The number of cyclic esters (lactones) is 1. The molecule has 1 saturated heterocycles. The Balaban J connectivity index is 2.03. The van der Waals surface area contributed by atoms with Gasteiger partial charge in [-0.1, -0.05) is 44.2 Å². The molecule has 0 amide bonds. The minimum Gasteiger partial charge on any atom is -0.454 e. The first-order chi connectivity index (χ1) is 9.13. The summed E-state index contributed by atoms with van der Waals surface area (Å²) in [4.78, 5) is 11.8. The molecule has 3 atom stereocenters. The number of hydrogen-bond donors (Lipinski definition) is 0. The highest BCUT2D eigenvalue weighted by Crippen LogP contribution is 2.38. The van der Waals surface area contributed by atoms with Crippen molar-refractivity contribution in [2.45, 2.75) is 38.6 Å². The number of halogens is 1. The van der Waals surface area contributed by atoms with Crippen LogP contribution in [0, 0.1) is 5.92 Å². The van der Waals surface area contributed by atoms with Gasteiger partial charge in [-0.25, -0.2) is 9.18 Å². The first-order valence-corrected chi connectivity index (χ1v) is 6.57. The Hall–Kier alpha value is -1.42. The lowest BCUT2D eigenvalue weighted by molar-refractivity contribution is -0.156. The van der Waals surface area contributed by atoms with Crippen molar-refractivity contribution in [1.29, 1.82) is 0 Å². The zero-order valence-electron chi connectivity index (χ0n) is 11.3. The summed E-state index contributed by atoms with van der Waals surface area (Å²) in [6.45, 7) is 3.30. The van der Waals surface area contributed by atoms with E-state index in [-0.39, 0.29) is 5.92 Å². The Morgan fingerprint density at radius 3 is 2.58 bits per heavy atom. The molecule has 1 aliphatic rings. The quantitative estimate of drug-likeness (QED) is 0.769. The van der Waals surface area contributed by atoms with Crippen LogP contribution in [0.5, 0.6) is 0 Å². The highest BCUT2D eigenvalue weighted by molar-refractivity contribution is 5.78. The van der Waals surface area contributed by atoms with Crippen LogP contribution in [0.25, 0.3) is 0 Å². The lowest BCUT2D eigenvalue weighted by atomic mass is 9.86. The third-order valence-electron chi connectivity index (χ3n) is 3.92. The van der Waals surface area contributed by atoms with E-state index in [0.717, 1.165) is 5.56 Å². The molecule has 0 unspecified atom stereocenters. The van der Waals surface area contributed by atoms with E-state index in [4.69, 9.17) is 9.47 Å². The second-order valence-corrected chi connectivity index (χ2v) is 4.98. The van der Waals surface area contributed by atoms with E-state index in [1.807, 2.05) is 44.2 Å². The highest BCUT2D eigenvalue weighted by Gasteiger charge is 2.53. The van der Waals surface area contributed by atoms with E-state index >= 15 is 0 Å². The van der Waals surface area contributed by atoms with Gasteiger partial charge in [-0.3, -0.25) is 0 Å².